The fraction of sp³-hybridized carbons (Fsp3) is 0.300. The van der Waals surface area contributed by atoms with Crippen molar-refractivity contribution in [2.75, 3.05) is 6.54 Å². The summed E-state index contributed by atoms with van der Waals surface area (Å²) in [7, 11) is 0. The van der Waals surface area contributed by atoms with E-state index in [1.807, 2.05) is 36.4 Å². The lowest BCUT2D eigenvalue weighted by Crippen LogP contribution is -2.41. The highest BCUT2D eigenvalue weighted by Crippen LogP contribution is 2.32. The number of amides is 2. The smallest absolute Gasteiger partial charge is 0.222 e. The van der Waals surface area contributed by atoms with Crippen LogP contribution in [0.5, 0.6) is 0 Å². The summed E-state index contributed by atoms with van der Waals surface area (Å²) in [5.41, 5.74) is 3.16. The number of hydrogen-bond donors (Lipinski definition) is 1. The fourth-order valence-corrected chi connectivity index (χ4v) is 3.53. The van der Waals surface area contributed by atoms with Crippen LogP contribution in [0.4, 0.5) is 0 Å². The first-order chi connectivity index (χ1) is 12.1. The van der Waals surface area contributed by atoms with Crippen LogP contribution in [0.25, 0.3) is 0 Å². The number of benzene rings is 2. The molecule has 0 saturated carbocycles. The lowest BCUT2D eigenvalue weighted by molar-refractivity contribution is -0.133. The summed E-state index contributed by atoms with van der Waals surface area (Å²) < 4.78 is 0. The molecule has 1 N–H and O–H groups in total. The van der Waals surface area contributed by atoms with E-state index in [4.69, 9.17) is 11.6 Å². The molecule has 5 heteroatoms. The molecule has 2 amide bonds. The zero-order chi connectivity index (χ0) is 17.8. The van der Waals surface area contributed by atoms with Crippen molar-refractivity contribution < 1.29 is 9.59 Å². The van der Waals surface area contributed by atoms with E-state index in [0.717, 1.165) is 17.5 Å². The van der Waals surface area contributed by atoms with E-state index >= 15 is 0 Å². The summed E-state index contributed by atoms with van der Waals surface area (Å²) in [5, 5.41) is 3.55. The van der Waals surface area contributed by atoms with Gasteiger partial charge in [-0.2, -0.15) is 0 Å². The van der Waals surface area contributed by atoms with Crippen molar-refractivity contribution in [3.05, 3.63) is 70.2 Å². The van der Waals surface area contributed by atoms with Gasteiger partial charge in [0.1, 0.15) is 0 Å². The van der Waals surface area contributed by atoms with Crippen LogP contribution in [0.3, 0.4) is 0 Å². The Bertz CT molecular complexity index is 791. The molecule has 4 nitrogen and oxygen atoms in total. The molecule has 1 unspecified atom stereocenters. The molecular weight excluding hydrogens is 336 g/mol. The minimum Gasteiger partial charge on any atom is -0.352 e. The number of carbonyl (C=O) groups excluding carboxylic acids is 2. The Morgan fingerprint density at radius 2 is 1.88 bits per heavy atom. The second-order valence-corrected chi connectivity index (χ2v) is 6.66. The predicted octanol–water partition coefficient (Wildman–Crippen LogP) is 3.49. The molecule has 0 aliphatic carbocycles. The van der Waals surface area contributed by atoms with Gasteiger partial charge in [0, 0.05) is 25.0 Å². The first-order valence-corrected chi connectivity index (χ1v) is 8.79. The second-order valence-electron chi connectivity index (χ2n) is 6.25. The second kappa shape index (κ2) is 7.70. The van der Waals surface area contributed by atoms with E-state index < -0.39 is 0 Å². The normalized spacial score (nSPS) is 16.2. The minimum atomic E-state index is -0.214. The summed E-state index contributed by atoms with van der Waals surface area (Å²) >= 11 is 6.13. The molecular formula is C20H21ClN2O2. The summed E-state index contributed by atoms with van der Waals surface area (Å²) in [4.78, 5) is 26.3. The van der Waals surface area contributed by atoms with Gasteiger partial charge in [-0.05, 0) is 29.2 Å². The van der Waals surface area contributed by atoms with Gasteiger partial charge in [0.25, 0.3) is 0 Å². The minimum absolute atomic E-state index is 0.00148. The Labute approximate surface area is 152 Å². The SMILES string of the molecule is CC(=O)N1CCc2ccccc2C1CC(=O)NCc1ccccc1Cl. The van der Waals surface area contributed by atoms with E-state index in [1.54, 1.807) is 17.9 Å². The van der Waals surface area contributed by atoms with E-state index in [1.165, 1.54) is 5.56 Å². The van der Waals surface area contributed by atoms with Crippen molar-refractivity contribution in [3.63, 3.8) is 0 Å². The monoisotopic (exact) mass is 356 g/mol. The number of halogens is 1. The quantitative estimate of drug-likeness (QED) is 0.911. The third-order valence-electron chi connectivity index (χ3n) is 4.63. The Morgan fingerprint density at radius 3 is 2.64 bits per heavy atom. The van der Waals surface area contributed by atoms with Crippen LogP contribution in [-0.4, -0.2) is 23.3 Å². The first-order valence-electron chi connectivity index (χ1n) is 8.41. The maximum atomic E-state index is 12.5. The topological polar surface area (TPSA) is 49.4 Å². The number of hydrogen-bond acceptors (Lipinski definition) is 2. The van der Waals surface area contributed by atoms with Crippen LogP contribution < -0.4 is 5.32 Å². The lowest BCUT2D eigenvalue weighted by atomic mass is 9.90. The average molecular weight is 357 g/mol. The third kappa shape index (κ3) is 4.02. The van der Waals surface area contributed by atoms with Gasteiger partial charge < -0.3 is 10.2 Å². The van der Waals surface area contributed by atoms with Crippen molar-refractivity contribution >= 4 is 23.4 Å². The highest BCUT2D eigenvalue weighted by Gasteiger charge is 2.30. The Balaban J connectivity index is 1.72. The molecule has 1 aliphatic rings. The maximum absolute atomic E-state index is 12.5. The summed E-state index contributed by atoms with van der Waals surface area (Å²) in [6, 6.07) is 15.3. The van der Waals surface area contributed by atoms with Crippen LogP contribution in [0.15, 0.2) is 48.5 Å². The van der Waals surface area contributed by atoms with Crippen molar-refractivity contribution in [3.8, 4) is 0 Å². The van der Waals surface area contributed by atoms with Crippen LogP contribution in [0.1, 0.15) is 36.1 Å². The number of carbonyl (C=O) groups is 2. The number of nitrogens with one attached hydrogen (secondary N) is 1. The van der Waals surface area contributed by atoms with Gasteiger partial charge in [-0.1, -0.05) is 54.1 Å². The largest absolute Gasteiger partial charge is 0.352 e. The third-order valence-corrected chi connectivity index (χ3v) is 5.00. The fourth-order valence-electron chi connectivity index (χ4n) is 3.33. The van der Waals surface area contributed by atoms with Gasteiger partial charge in [0.15, 0.2) is 0 Å². The van der Waals surface area contributed by atoms with Gasteiger partial charge in [-0.3, -0.25) is 9.59 Å². The van der Waals surface area contributed by atoms with Crippen LogP contribution in [-0.2, 0) is 22.6 Å². The molecule has 1 atom stereocenters. The van der Waals surface area contributed by atoms with Crippen LogP contribution >= 0.6 is 11.6 Å². The van der Waals surface area contributed by atoms with Crippen molar-refractivity contribution in [2.24, 2.45) is 0 Å². The number of nitrogens with zero attached hydrogens (tertiary/aromatic N) is 1. The van der Waals surface area contributed by atoms with E-state index in [2.05, 4.69) is 11.4 Å². The summed E-state index contributed by atoms with van der Waals surface area (Å²) in [6.07, 6.45) is 1.08. The maximum Gasteiger partial charge on any atom is 0.222 e. The molecule has 0 bridgehead atoms. The summed E-state index contributed by atoms with van der Waals surface area (Å²) in [6.45, 7) is 2.59. The molecule has 0 saturated heterocycles. The predicted molar refractivity (Wildman–Crippen MR) is 98.2 cm³/mol. The Morgan fingerprint density at radius 1 is 1.16 bits per heavy atom. The molecule has 0 radical (unpaired) electrons. The van der Waals surface area contributed by atoms with Gasteiger partial charge in [-0.25, -0.2) is 0 Å². The van der Waals surface area contributed by atoms with E-state index in [9.17, 15) is 9.59 Å². The van der Waals surface area contributed by atoms with Gasteiger partial charge >= 0.3 is 0 Å². The molecule has 0 spiro atoms. The van der Waals surface area contributed by atoms with Gasteiger partial charge in [-0.15, -0.1) is 0 Å². The number of fused-ring (bicyclic) bond motifs is 1. The highest BCUT2D eigenvalue weighted by molar-refractivity contribution is 6.31. The lowest BCUT2D eigenvalue weighted by Gasteiger charge is -2.36. The zero-order valence-corrected chi connectivity index (χ0v) is 14.9. The van der Waals surface area contributed by atoms with Crippen molar-refractivity contribution in [1.82, 2.24) is 10.2 Å². The molecule has 25 heavy (non-hydrogen) atoms. The van der Waals surface area contributed by atoms with Crippen molar-refractivity contribution in [1.29, 1.82) is 0 Å². The average Bonchev–Trinajstić information content (AvgIpc) is 2.61. The van der Waals surface area contributed by atoms with Gasteiger partial charge in [0.05, 0.1) is 12.5 Å². The molecule has 0 aromatic heterocycles. The summed E-state index contributed by atoms with van der Waals surface area (Å²) in [5.74, 6) is -0.0914. The van der Waals surface area contributed by atoms with Crippen molar-refractivity contribution in [2.45, 2.75) is 32.4 Å². The standard InChI is InChI=1S/C20H21ClN2O2/c1-14(24)23-11-10-15-6-2-4-8-17(15)19(23)12-20(25)22-13-16-7-3-5-9-18(16)21/h2-9,19H,10-13H2,1H3,(H,22,25). The number of rotatable bonds is 4. The molecule has 2 aromatic carbocycles. The molecule has 130 valence electrons. The molecule has 1 heterocycles. The Hall–Kier alpha value is -2.33. The highest BCUT2D eigenvalue weighted by atomic mass is 35.5. The molecule has 2 aromatic rings. The van der Waals surface area contributed by atoms with Crippen LogP contribution in [0, 0.1) is 0 Å². The molecule has 0 fully saturated rings. The van der Waals surface area contributed by atoms with Crippen LogP contribution in [0.2, 0.25) is 5.02 Å². The first kappa shape index (κ1) is 17.5. The molecule has 1 aliphatic heterocycles. The zero-order valence-electron chi connectivity index (χ0n) is 14.2. The van der Waals surface area contributed by atoms with Gasteiger partial charge in [0.2, 0.25) is 11.8 Å². The van der Waals surface area contributed by atoms with E-state index in [0.29, 0.717) is 18.1 Å². The molecule has 3 rings (SSSR count). The van der Waals surface area contributed by atoms with E-state index in [-0.39, 0.29) is 24.3 Å². The Kier molecular flexibility index (Phi) is 5.39.